The first-order valence-electron chi connectivity index (χ1n) is 10.2. The van der Waals surface area contributed by atoms with Gasteiger partial charge in [-0.2, -0.15) is 5.10 Å². The number of fused-ring (bicyclic) bond motifs is 3. The number of amides is 1. The summed E-state index contributed by atoms with van der Waals surface area (Å²) in [5, 5.41) is 7.35. The Bertz CT molecular complexity index is 1390. The van der Waals surface area contributed by atoms with Crippen molar-refractivity contribution in [2.24, 2.45) is 0 Å². The number of nitrogens with zero attached hydrogens (tertiary/aromatic N) is 2. The number of benzene rings is 2. The summed E-state index contributed by atoms with van der Waals surface area (Å²) in [5.41, 5.74) is 3.03. The molecule has 1 aliphatic rings. The molecule has 0 unspecified atom stereocenters. The zero-order valence-corrected chi connectivity index (χ0v) is 18.1. The molecule has 5 nitrogen and oxygen atoms in total. The van der Waals surface area contributed by atoms with Crippen LogP contribution in [0.3, 0.4) is 0 Å². The minimum absolute atomic E-state index is 0.0308. The van der Waals surface area contributed by atoms with E-state index >= 15 is 0 Å². The standard InChI is InChI=1S/C24H17ClF3N3O2/c1-12-21-20(33-23(12)24(32)29-19-7-6-14(26)9-18(19)28)8-5-13-10-31(30-22(13)21)11-15-16(25)3-2-4-17(15)27/h2-4,6-7,9-10H,5,8,11H2,1H3,(H,29,32). The van der Waals surface area contributed by atoms with E-state index in [0.29, 0.717) is 52.1 Å². The van der Waals surface area contributed by atoms with Gasteiger partial charge in [0, 0.05) is 40.4 Å². The first-order chi connectivity index (χ1) is 15.8. The van der Waals surface area contributed by atoms with E-state index in [1.165, 1.54) is 6.07 Å². The molecular weight excluding hydrogens is 455 g/mol. The lowest BCUT2D eigenvalue weighted by atomic mass is 9.93. The molecule has 1 amide bonds. The number of carbonyl (C=O) groups is 1. The summed E-state index contributed by atoms with van der Waals surface area (Å²) in [5.74, 6) is -2.06. The lowest BCUT2D eigenvalue weighted by molar-refractivity contribution is 0.0993. The van der Waals surface area contributed by atoms with Gasteiger partial charge in [0.25, 0.3) is 5.91 Å². The Balaban J connectivity index is 1.46. The van der Waals surface area contributed by atoms with Gasteiger partial charge in [-0.1, -0.05) is 17.7 Å². The highest BCUT2D eigenvalue weighted by atomic mass is 35.5. The van der Waals surface area contributed by atoms with Crippen LogP contribution in [0.25, 0.3) is 11.3 Å². The molecule has 0 spiro atoms. The van der Waals surface area contributed by atoms with E-state index in [2.05, 4.69) is 10.4 Å². The number of hydrogen-bond donors (Lipinski definition) is 1. The molecule has 2 aromatic heterocycles. The first-order valence-corrected chi connectivity index (χ1v) is 10.6. The van der Waals surface area contributed by atoms with Crippen LogP contribution in [0.5, 0.6) is 0 Å². The monoisotopic (exact) mass is 471 g/mol. The molecular formula is C24H17ClF3N3O2. The van der Waals surface area contributed by atoms with E-state index in [1.54, 1.807) is 23.7 Å². The van der Waals surface area contributed by atoms with Gasteiger partial charge >= 0.3 is 0 Å². The molecule has 0 atom stereocenters. The van der Waals surface area contributed by atoms with E-state index in [4.69, 9.17) is 16.0 Å². The Morgan fingerprint density at radius 1 is 1.18 bits per heavy atom. The van der Waals surface area contributed by atoms with Crippen molar-refractivity contribution in [3.05, 3.63) is 93.3 Å². The van der Waals surface area contributed by atoms with Gasteiger partial charge in [-0.25, -0.2) is 13.2 Å². The smallest absolute Gasteiger partial charge is 0.291 e. The van der Waals surface area contributed by atoms with Crippen molar-refractivity contribution in [3.63, 3.8) is 0 Å². The molecule has 0 radical (unpaired) electrons. The van der Waals surface area contributed by atoms with E-state index in [1.807, 2.05) is 6.20 Å². The Kier molecular flexibility index (Phi) is 5.25. The number of aryl methyl sites for hydroxylation is 2. The fourth-order valence-corrected chi connectivity index (χ4v) is 4.30. The molecule has 4 aromatic rings. The number of hydrogen-bond acceptors (Lipinski definition) is 3. The van der Waals surface area contributed by atoms with Crippen LogP contribution in [0, 0.1) is 24.4 Å². The summed E-state index contributed by atoms with van der Waals surface area (Å²) in [4.78, 5) is 12.8. The number of halogens is 4. The zero-order valence-electron chi connectivity index (χ0n) is 17.4. The van der Waals surface area contributed by atoms with Crippen LogP contribution in [0.2, 0.25) is 5.02 Å². The molecule has 0 saturated carbocycles. The first kappa shape index (κ1) is 21.3. The second-order valence-electron chi connectivity index (χ2n) is 7.83. The molecule has 9 heteroatoms. The van der Waals surface area contributed by atoms with Crippen molar-refractivity contribution >= 4 is 23.2 Å². The average Bonchev–Trinajstić information content (AvgIpc) is 3.33. The highest BCUT2D eigenvalue weighted by Gasteiger charge is 2.30. The summed E-state index contributed by atoms with van der Waals surface area (Å²) in [7, 11) is 0. The summed E-state index contributed by atoms with van der Waals surface area (Å²) in [6.07, 6.45) is 3.02. The lowest BCUT2D eigenvalue weighted by Gasteiger charge is -2.09. The highest BCUT2D eigenvalue weighted by Crippen LogP contribution is 2.38. The minimum atomic E-state index is -0.884. The van der Waals surface area contributed by atoms with E-state index in [-0.39, 0.29) is 18.0 Å². The number of aromatic nitrogens is 2. The van der Waals surface area contributed by atoms with Crippen molar-refractivity contribution in [1.82, 2.24) is 9.78 Å². The van der Waals surface area contributed by atoms with E-state index in [0.717, 1.165) is 17.7 Å². The largest absolute Gasteiger partial charge is 0.455 e. The molecule has 5 rings (SSSR count). The highest BCUT2D eigenvalue weighted by molar-refractivity contribution is 6.31. The van der Waals surface area contributed by atoms with Gasteiger partial charge < -0.3 is 9.73 Å². The van der Waals surface area contributed by atoms with Crippen LogP contribution in [0.4, 0.5) is 18.9 Å². The summed E-state index contributed by atoms with van der Waals surface area (Å²) < 4.78 is 48.7. The van der Waals surface area contributed by atoms with Crippen LogP contribution < -0.4 is 5.32 Å². The van der Waals surface area contributed by atoms with Gasteiger partial charge in [-0.3, -0.25) is 9.48 Å². The van der Waals surface area contributed by atoms with Crippen molar-refractivity contribution in [2.45, 2.75) is 26.3 Å². The third-order valence-electron chi connectivity index (χ3n) is 5.68. The maximum absolute atomic E-state index is 14.2. The van der Waals surface area contributed by atoms with Gasteiger partial charge in [-0.05, 0) is 43.2 Å². The second-order valence-corrected chi connectivity index (χ2v) is 8.24. The predicted molar refractivity (Wildman–Crippen MR) is 117 cm³/mol. The van der Waals surface area contributed by atoms with Crippen molar-refractivity contribution in [2.75, 3.05) is 5.32 Å². The maximum atomic E-state index is 14.2. The summed E-state index contributed by atoms with van der Waals surface area (Å²) in [6, 6.07) is 7.40. The second kappa shape index (κ2) is 8.12. The third kappa shape index (κ3) is 3.80. The molecule has 2 heterocycles. The van der Waals surface area contributed by atoms with Gasteiger partial charge in [0.1, 0.15) is 23.2 Å². The van der Waals surface area contributed by atoms with Crippen molar-refractivity contribution in [1.29, 1.82) is 0 Å². The topological polar surface area (TPSA) is 60.1 Å². The van der Waals surface area contributed by atoms with Crippen molar-refractivity contribution < 1.29 is 22.4 Å². The Labute approximate surface area is 191 Å². The van der Waals surface area contributed by atoms with Gasteiger partial charge in [0.05, 0.1) is 17.9 Å². The van der Waals surface area contributed by atoms with Crippen LogP contribution in [-0.4, -0.2) is 15.7 Å². The Morgan fingerprint density at radius 2 is 2.00 bits per heavy atom. The van der Waals surface area contributed by atoms with Crippen molar-refractivity contribution in [3.8, 4) is 11.3 Å². The number of rotatable bonds is 4. The Hall–Kier alpha value is -3.52. The van der Waals surface area contributed by atoms with Crippen LogP contribution in [-0.2, 0) is 19.4 Å². The number of carbonyl (C=O) groups excluding carboxylic acids is 1. The van der Waals surface area contributed by atoms with E-state index in [9.17, 15) is 18.0 Å². The molecule has 0 saturated heterocycles. The third-order valence-corrected chi connectivity index (χ3v) is 6.04. The summed E-state index contributed by atoms with van der Waals surface area (Å²) >= 11 is 6.15. The minimum Gasteiger partial charge on any atom is -0.455 e. The average molecular weight is 472 g/mol. The fourth-order valence-electron chi connectivity index (χ4n) is 4.08. The quantitative estimate of drug-likeness (QED) is 0.402. The SMILES string of the molecule is Cc1c(C(=O)Nc2ccc(F)cc2F)oc2c1-c1nn(Cc3c(F)cccc3Cl)cc1CC2. The normalized spacial score (nSPS) is 12.4. The zero-order chi connectivity index (χ0) is 23.3. The fraction of sp³-hybridized carbons (Fsp3) is 0.167. The number of nitrogens with one attached hydrogen (secondary N) is 1. The predicted octanol–water partition coefficient (Wildman–Crippen LogP) is 5.92. The lowest BCUT2D eigenvalue weighted by Crippen LogP contribution is -2.13. The Morgan fingerprint density at radius 3 is 2.76 bits per heavy atom. The summed E-state index contributed by atoms with van der Waals surface area (Å²) in [6.45, 7) is 1.88. The van der Waals surface area contributed by atoms with Crippen LogP contribution in [0.1, 0.15) is 33.0 Å². The van der Waals surface area contributed by atoms with Gasteiger partial charge in [-0.15, -0.1) is 0 Å². The molecule has 0 aliphatic heterocycles. The molecule has 0 bridgehead atoms. The molecule has 1 aliphatic carbocycles. The maximum Gasteiger partial charge on any atom is 0.291 e. The molecule has 1 N–H and O–H groups in total. The van der Waals surface area contributed by atoms with Crippen LogP contribution >= 0.6 is 11.6 Å². The molecule has 2 aromatic carbocycles. The molecule has 168 valence electrons. The molecule has 0 fully saturated rings. The van der Waals surface area contributed by atoms with Crippen LogP contribution in [0.15, 0.2) is 47.0 Å². The number of furan rings is 1. The van der Waals surface area contributed by atoms with Gasteiger partial charge in [0.15, 0.2) is 5.76 Å². The molecule has 33 heavy (non-hydrogen) atoms. The number of anilines is 1. The van der Waals surface area contributed by atoms with Gasteiger partial charge in [0.2, 0.25) is 0 Å². The van der Waals surface area contributed by atoms with E-state index < -0.39 is 23.4 Å².